The number of rotatable bonds is 3. The van der Waals surface area contributed by atoms with Gasteiger partial charge in [-0.1, -0.05) is 62.4 Å². The number of Topliss-reactive ketones (excluding diaryl/α,β-unsaturated/α-hetero) is 1. The van der Waals surface area contributed by atoms with Crippen LogP contribution >= 0.6 is 11.3 Å². The first-order chi connectivity index (χ1) is 16.6. The van der Waals surface area contributed by atoms with Crippen molar-refractivity contribution in [3.05, 3.63) is 94.8 Å². The van der Waals surface area contributed by atoms with E-state index in [9.17, 15) is 14.7 Å². The summed E-state index contributed by atoms with van der Waals surface area (Å²) in [5.74, 6) is -1.67. The lowest BCUT2D eigenvalue weighted by Gasteiger charge is -2.24. The average molecular weight is 484 g/mol. The van der Waals surface area contributed by atoms with Gasteiger partial charge in [0.05, 0.1) is 21.8 Å². The van der Waals surface area contributed by atoms with E-state index in [1.54, 1.807) is 12.1 Å². The number of ketones is 1. The Labute approximate surface area is 207 Å². The molecule has 7 heteroatoms. The average Bonchev–Trinajstić information content (AvgIpc) is 3.36. The molecule has 1 fully saturated rings. The summed E-state index contributed by atoms with van der Waals surface area (Å²) < 4.78 is 0.929. The summed E-state index contributed by atoms with van der Waals surface area (Å²) in [4.78, 5) is 36.8. The van der Waals surface area contributed by atoms with Crippen LogP contribution in [0.1, 0.15) is 49.1 Å². The zero-order valence-corrected chi connectivity index (χ0v) is 20.8. The minimum atomic E-state index is -0.807. The Balaban J connectivity index is 1.72. The SMILES string of the molecule is Cc1ccc2nc(N3C(=O)C(=O)C(=C(O)c4ccncc4)C3c3ccc(C(C)(C)C)cc3)sc2c1. The fourth-order valence-corrected chi connectivity index (χ4v) is 5.39. The standard InChI is InChI=1S/C28H25N3O3S/c1-16-5-10-20-21(15-16)35-27(30-20)31-23(17-6-8-19(9-7-17)28(2,3)4)22(25(33)26(31)34)24(32)18-11-13-29-14-12-18/h5-15,23,32H,1-4H3. The van der Waals surface area contributed by atoms with Gasteiger partial charge in [0.1, 0.15) is 5.76 Å². The van der Waals surface area contributed by atoms with E-state index < -0.39 is 17.7 Å². The van der Waals surface area contributed by atoms with Crippen molar-refractivity contribution in [3.8, 4) is 0 Å². The van der Waals surface area contributed by atoms with Crippen LogP contribution in [-0.2, 0) is 15.0 Å². The maximum Gasteiger partial charge on any atom is 0.301 e. The third kappa shape index (κ3) is 4.02. The number of nitrogens with zero attached hydrogens (tertiary/aromatic N) is 3. The second-order valence-corrected chi connectivity index (χ2v) is 10.8. The third-order valence-electron chi connectivity index (χ3n) is 6.23. The fourth-order valence-electron chi connectivity index (χ4n) is 4.30. The van der Waals surface area contributed by atoms with E-state index in [0.29, 0.717) is 10.7 Å². The number of fused-ring (bicyclic) bond motifs is 1. The molecule has 1 amide bonds. The number of carbonyl (C=O) groups excluding carboxylic acids is 2. The van der Waals surface area contributed by atoms with Gasteiger partial charge < -0.3 is 5.11 Å². The summed E-state index contributed by atoms with van der Waals surface area (Å²) in [6.45, 7) is 8.37. The molecule has 0 spiro atoms. The number of aromatic nitrogens is 2. The molecule has 5 rings (SSSR count). The van der Waals surface area contributed by atoms with E-state index in [1.807, 2.05) is 49.4 Å². The van der Waals surface area contributed by atoms with E-state index in [1.165, 1.54) is 28.6 Å². The second kappa shape index (κ2) is 8.43. The minimum absolute atomic E-state index is 0.0418. The number of pyridine rings is 1. The Kier molecular flexibility index (Phi) is 5.52. The minimum Gasteiger partial charge on any atom is -0.507 e. The van der Waals surface area contributed by atoms with Crippen LogP contribution in [0.3, 0.4) is 0 Å². The number of amides is 1. The number of aryl methyl sites for hydroxylation is 1. The van der Waals surface area contributed by atoms with Crippen molar-refractivity contribution in [2.75, 3.05) is 4.90 Å². The van der Waals surface area contributed by atoms with Gasteiger partial charge in [0, 0.05) is 18.0 Å². The topological polar surface area (TPSA) is 83.4 Å². The molecule has 1 atom stereocenters. The number of anilines is 1. The zero-order valence-electron chi connectivity index (χ0n) is 19.9. The number of thiazole rings is 1. The molecule has 2 aromatic heterocycles. The Morgan fingerprint density at radius 1 is 1.00 bits per heavy atom. The van der Waals surface area contributed by atoms with Crippen LogP contribution in [0.4, 0.5) is 5.13 Å². The molecular weight excluding hydrogens is 458 g/mol. The van der Waals surface area contributed by atoms with E-state index in [-0.39, 0.29) is 16.7 Å². The first-order valence-corrected chi connectivity index (χ1v) is 12.2. The number of hydrogen-bond donors (Lipinski definition) is 1. The van der Waals surface area contributed by atoms with E-state index in [0.717, 1.165) is 26.9 Å². The highest BCUT2D eigenvalue weighted by Crippen LogP contribution is 2.44. The third-order valence-corrected chi connectivity index (χ3v) is 7.25. The van der Waals surface area contributed by atoms with Crippen LogP contribution in [-0.4, -0.2) is 26.8 Å². The highest BCUT2D eigenvalue weighted by molar-refractivity contribution is 7.22. The van der Waals surface area contributed by atoms with E-state index in [4.69, 9.17) is 0 Å². The summed E-state index contributed by atoms with van der Waals surface area (Å²) in [5, 5.41) is 11.6. The molecule has 1 aliphatic heterocycles. The molecule has 3 heterocycles. The van der Waals surface area contributed by atoms with Gasteiger partial charge in [-0.05, 0) is 53.3 Å². The van der Waals surface area contributed by atoms with Gasteiger partial charge >= 0.3 is 5.91 Å². The fraction of sp³-hybridized carbons (Fsp3) is 0.214. The summed E-state index contributed by atoms with van der Waals surface area (Å²) in [7, 11) is 0. The van der Waals surface area contributed by atoms with E-state index in [2.05, 4.69) is 30.7 Å². The number of aliphatic hydroxyl groups is 1. The van der Waals surface area contributed by atoms with Crippen LogP contribution in [0.5, 0.6) is 0 Å². The predicted octanol–water partition coefficient (Wildman–Crippen LogP) is 5.92. The maximum absolute atomic E-state index is 13.4. The lowest BCUT2D eigenvalue weighted by molar-refractivity contribution is -0.132. The van der Waals surface area contributed by atoms with Gasteiger partial charge in [-0.15, -0.1) is 0 Å². The Morgan fingerprint density at radius 3 is 2.34 bits per heavy atom. The lowest BCUT2D eigenvalue weighted by Crippen LogP contribution is -2.29. The van der Waals surface area contributed by atoms with Gasteiger partial charge in [0.25, 0.3) is 5.78 Å². The van der Waals surface area contributed by atoms with Crippen molar-refractivity contribution in [2.45, 2.75) is 39.2 Å². The van der Waals surface area contributed by atoms with Crippen molar-refractivity contribution in [2.24, 2.45) is 0 Å². The van der Waals surface area contributed by atoms with Crippen LogP contribution < -0.4 is 4.90 Å². The van der Waals surface area contributed by atoms with Crippen molar-refractivity contribution >= 4 is 44.1 Å². The van der Waals surface area contributed by atoms with E-state index >= 15 is 0 Å². The molecular formula is C28H25N3O3S. The van der Waals surface area contributed by atoms with Crippen LogP contribution in [0.2, 0.25) is 0 Å². The van der Waals surface area contributed by atoms with Crippen molar-refractivity contribution in [1.82, 2.24) is 9.97 Å². The first-order valence-electron chi connectivity index (χ1n) is 11.3. The summed E-state index contributed by atoms with van der Waals surface area (Å²) >= 11 is 1.36. The Morgan fingerprint density at radius 2 is 1.69 bits per heavy atom. The second-order valence-electron chi connectivity index (χ2n) is 9.74. The van der Waals surface area contributed by atoms with Crippen molar-refractivity contribution < 1.29 is 14.7 Å². The monoisotopic (exact) mass is 483 g/mol. The van der Waals surface area contributed by atoms with Gasteiger partial charge in [0.2, 0.25) is 0 Å². The van der Waals surface area contributed by atoms with Crippen molar-refractivity contribution in [1.29, 1.82) is 0 Å². The largest absolute Gasteiger partial charge is 0.507 e. The quantitative estimate of drug-likeness (QED) is 0.222. The van der Waals surface area contributed by atoms with Crippen LogP contribution in [0, 0.1) is 6.92 Å². The highest BCUT2D eigenvalue weighted by atomic mass is 32.1. The maximum atomic E-state index is 13.4. The van der Waals surface area contributed by atoms with Crippen molar-refractivity contribution in [3.63, 3.8) is 0 Å². The Hall–Kier alpha value is -3.84. The number of benzene rings is 2. The lowest BCUT2D eigenvalue weighted by atomic mass is 9.85. The normalized spacial score (nSPS) is 17.9. The van der Waals surface area contributed by atoms with Gasteiger partial charge in [0.15, 0.2) is 5.13 Å². The van der Waals surface area contributed by atoms with Gasteiger partial charge in [-0.2, -0.15) is 0 Å². The molecule has 1 unspecified atom stereocenters. The highest BCUT2D eigenvalue weighted by Gasteiger charge is 2.48. The first kappa shape index (κ1) is 22.9. The molecule has 0 bridgehead atoms. The molecule has 1 aliphatic rings. The summed E-state index contributed by atoms with van der Waals surface area (Å²) in [6, 6.07) is 16.1. The van der Waals surface area contributed by atoms with Crippen LogP contribution in [0.25, 0.3) is 16.0 Å². The molecule has 4 aromatic rings. The van der Waals surface area contributed by atoms with Gasteiger partial charge in [-0.25, -0.2) is 4.98 Å². The number of aliphatic hydroxyl groups excluding tert-OH is 1. The molecule has 1 N–H and O–H groups in total. The smallest absolute Gasteiger partial charge is 0.301 e. The molecule has 0 aliphatic carbocycles. The molecule has 35 heavy (non-hydrogen) atoms. The van der Waals surface area contributed by atoms with Gasteiger partial charge in [-0.3, -0.25) is 19.5 Å². The molecule has 6 nitrogen and oxygen atoms in total. The molecule has 176 valence electrons. The summed E-state index contributed by atoms with van der Waals surface area (Å²) in [5.41, 5.74) is 4.11. The number of hydrogen-bond acceptors (Lipinski definition) is 6. The zero-order chi connectivity index (χ0) is 24.9. The number of carbonyl (C=O) groups is 2. The summed E-state index contributed by atoms with van der Waals surface area (Å²) in [6.07, 6.45) is 3.07. The molecule has 0 radical (unpaired) electrons. The molecule has 0 saturated carbocycles. The Bertz CT molecular complexity index is 1480. The van der Waals surface area contributed by atoms with Crippen LogP contribution in [0.15, 0.2) is 72.6 Å². The molecule has 2 aromatic carbocycles. The molecule has 1 saturated heterocycles. The predicted molar refractivity (Wildman–Crippen MR) is 139 cm³/mol.